The molecular formula is C16H18F3NO5. The summed E-state index contributed by atoms with van der Waals surface area (Å²) in [5, 5.41) is 11.7. The van der Waals surface area contributed by atoms with Gasteiger partial charge in [0.05, 0.1) is 17.5 Å². The summed E-state index contributed by atoms with van der Waals surface area (Å²) in [5.41, 5.74) is -1.71. The van der Waals surface area contributed by atoms with Gasteiger partial charge in [-0.15, -0.1) is 0 Å². The van der Waals surface area contributed by atoms with Crippen molar-refractivity contribution in [2.24, 2.45) is 0 Å². The van der Waals surface area contributed by atoms with Gasteiger partial charge in [-0.1, -0.05) is 0 Å². The number of carbonyl (C=O) groups is 2. The molecule has 0 atom stereocenters. The minimum absolute atomic E-state index is 0.113. The third-order valence-corrected chi connectivity index (χ3v) is 3.90. The Labute approximate surface area is 141 Å². The summed E-state index contributed by atoms with van der Waals surface area (Å²) in [6, 6.07) is 3.96. The van der Waals surface area contributed by atoms with Gasteiger partial charge in [-0.2, -0.15) is 13.2 Å². The fourth-order valence-electron chi connectivity index (χ4n) is 2.62. The second-order valence-corrected chi connectivity index (χ2v) is 5.82. The third-order valence-electron chi connectivity index (χ3n) is 3.90. The van der Waals surface area contributed by atoms with Crippen molar-refractivity contribution in [1.29, 1.82) is 0 Å². The Kier molecular flexibility index (Phi) is 5.89. The standard InChI is InChI=1S/C16H18F3NO5/c17-16(18,19)11-1-3-12(4-2-11)25-10-13(21)20-15(9-14(22)23)5-7-24-8-6-15/h1-4H,5-10H2,(H,20,21)(H,22,23). The summed E-state index contributed by atoms with van der Waals surface area (Å²) < 4.78 is 47.8. The first-order valence-corrected chi connectivity index (χ1v) is 7.61. The summed E-state index contributed by atoms with van der Waals surface area (Å²) >= 11 is 0. The van der Waals surface area contributed by atoms with Crippen molar-refractivity contribution in [3.05, 3.63) is 29.8 Å². The molecule has 2 N–H and O–H groups in total. The molecule has 9 heteroatoms. The van der Waals surface area contributed by atoms with Crippen LogP contribution in [0.3, 0.4) is 0 Å². The number of carboxylic acids is 1. The normalized spacial score (nSPS) is 16.9. The number of alkyl halides is 3. The largest absolute Gasteiger partial charge is 0.484 e. The fourth-order valence-corrected chi connectivity index (χ4v) is 2.62. The maximum Gasteiger partial charge on any atom is 0.416 e. The van der Waals surface area contributed by atoms with Gasteiger partial charge in [0.1, 0.15) is 5.75 Å². The average molecular weight is 361 g/mol. The van der Waals surface area contributed by atoms with Gasteiger partial charge >= 0.3 is 12.1 Å². The minimum atomic E-state index is -4.44. The lowest BCUT2D eigenvalue weighted by molar-refractivity contribution is -0.141. The van der Waals surface area contributed by atoms with Crippen LogP contribution < -0.4 is 10.1 Å². The number of hydrogen-bond acceptors (Lipinski definition) is 4. The molecule has 0 spiro atoms. The summed E-state index contributed by atoms with van der Waals surface area (Å²) in [4.78, 5) is 23.1. The average Bonchev–Trinajstić information content (AvgIpc) is 2.52. The van der Waals surface area contributed by atoms with Crippen molar-refractivity contribution in [2.45, 2.75) is 31.0 Å². The lowest BCUT2D eigenvalue weighted by Gasteiger charge is -2.36. The Bertz CT molecular complexity index is 609. The van der Waals surface area contributed by atoms with Crippen molar-refractivity contribution in [1.82, 2.24) is 5.32 Å². The van der Waals surface area contributed by atoms with Gasteiger partial charge in [0, 0.05) is 13.2 Å². The molecule has 0 unspecified atom stereocenters. The molecule has 0 aromatic heterocycles. The van der Waals surface area contributed by atoms with E-state index in [2.05, 4.69) is 5.32 Å². The van der Waals surface area contributed by atoms with Crippen molar-refractivity contribution >= 4 is 11.9 Å². The Morgan fingerprint density at radius 2 is 1.80 bits per heavy atom. The topological polar surface area (TPSA) is 84.9 Å². The van der Waals surface area contributed by atoms with Crippen molar-refractivity contribution in [2.75, 3.05) is 19.8 Å². The van der Waals surface area contributed by atoms with Gasteiger partial charge in [0.2, 0.25) is 0 Å². The number of carboxylic acid groups (broad SMARTS) is 1. The van der Waals surface area contributed by atoms with Crippen LogP contribution in [0.4, 0.5) is 13.2 Å². The minimum Gasteiger partial charge on any atom is -0.484 e. The zero-order chi connectivity index (χ0) is 18.5. The van der Waals surface area contributed by atoms with Gasteiger partial charge in [-0.05, 0) is 37.1 Å². The zero-order valence-corrected chi connectivity index (χ0v) is 13.3. The van der Waals surface area contributed by atoms with E-state index in [9.17, 15) is 22.8 Å². The van der Waals surface area contributed by atoms with E-state index in [4.69, 9.17) is 14.6 Å². The summed E-state index contributed by atoms with van der Waals surface area (Å²) in [7, 11) is 0. The van der Waals surface area contributed by atoms with Crippen LogP contribution in [-0.4, -0.2) is 42.3 Å². The summed E-state index contributed by atoms with van der Waals surface area (Å²) in [6.45, 7) is 0.258. The van der Waals surface area contributed by atoms with E-state index >= 15 is 0 Å². The maximum absolute atomic E-state index is 12.5. The highest BCUT2D eigenvalue weighted by molar-refractivity contribution is 5.79. The number of carbonyl (C=O) groups excluding carboxylic acids is 1. The van der Waals surface area contributed by atoms with Crippen molar-refractivity contribution in [3.63, 3.8) is 0 Å². The van der Waals surface area contributed by atoms with Gasteiger partial charge in [0.25, 0.3) is 5.91 Å². The molecule has 1 aromatic carbocycles. The van der Waals surface area contributed by atoms with Gasteiger partial charge in [-0.3, -0.25) is 9.59 Å². The molecule has 1 fully saturated rings. The molecular weight excluding hydrogens is 343 g/mol. The monoisotopic (exact) mass is 361 g/mol. The molecule has 1 saturated heterocycles. The quantitative estimate of drug-likeness (QED) is 0.812. The van der Waals surface area contributed by atoms with E-state index in [1.54, 1.807) is 0 Å². The molecule has 138 valence electrons. The number of benzene rings is 1. The number of ether oxygens (including phenoxy) is 2. The molecule has 2 rings (SSSR count). The molecule has 1 aliphatic rings. The summed E-state index contributed by atoms with van der Waals surface area (Å²) in [5.74, 6) is -1.46. The van der Waals surface area contributed by atoms with Crippen LogP contribution >= 0.6 is 0 Å². The lowest BCUT2D eigenvalue weighted by atomic mass is 9.86. The first-order valence-electron chi connectivity index (χ1n) is 7.61. The highest BCUT2D eigenvalue weighted by Crippen LogP contribution is 2.30. The molecule has 1 aromatic rings. The van der Waals surface area contributed by atoms with E-state index in [0.29, 0.717) is 26.1 Å². The number of halogens is 3. The maximum atomic E-state index is 12.5. The second kappa shape index (κ2) is 7.73. The van der Waals surface area contributed by atoms with E-state index in [-0.39, 0.29) is 12.2 Å². The molecule has 6 nitrogen and oxygen atoms in total. The molecule has 1 amide bonds. The Hall–Kier alpha value is -2.29. The molecule has 1 heterocycles. The Morgan fingerprint density at radius 1 is 1.20 bits per heavy atom. The zero-order valence-electron chi connectivity index (χ0n) is 13.3. The molecule has 0 aliphatic carbocycles. The number of hydrogen-bond donors (Lipinski definition) is 2. The number of nitrogens with one attached hydrogen (secondary N) is 1. The molecule has 0 radical (unpaired) electrons. The lowest BCUT2D eigenvalue weighted by Crippen LogP contribution is -2.54. The van der Waals surface area contributed by atoms with Gasteiger partial charge < -0.3 is 19.9 Å². The molecule has 0 saturated carbocycles. The smallest absolute Gasteiger partial charge is 0.416 e. The highest BCUT2D eigenvalue weighted by atomic mass is 19.4. The third kappa shape index (κ3) is 5.63. The van der Waals surface area contributed by atoms with Crippen LogP contribution in [0, 0.1) is 0 Å². The van der Waals surface area contributed by atoms with E-state index in [1.165, 1.54) is 0 Å². The predicted molar refractivity (Wildman–Crippen MR) is 80.1 cm³/mol. The van der Waals surface area contributed by atoms with Crippen molar-refractivity contribution < 1.29 is 37.3 Å². The van der Waals surface area contributed by atoms with Crippen LogP contribution in [0.2, 0.25) is 0 Å². The number of aliphatic carboxylic acids is 1. The first kappa shape index (κ1) is 19.0. The second-order valence-electron chi connectivity index (χ2n) is 5.82. The summed E-state index contributed by atoms with van der Waals surface area (Å²) in [6.07, 6.45) is -3.94. The molecule has 1 aliphatic heterocycles. The number of rotatable bonds is 6. The Balaban J connectivity index is 1.91. The van der Waals surface area contributed by atoms with Crippen LogP contribution in [0.1, 0.15) is 24.8 Å². The van der Waals surface area contributed by atoms with Crippen molar-refractivity contribution in [3.8, 4) is 5.75 Å². The molecule has 0 bridgehead atoms. The highest BCUT2D eigenvalue weighted by Gasteiger charge is 2.36. The van der Waals surface area contributed by atoms with E-state index < -0.39 is 35.8 Å². The number of amides is 1. The Morgan fingerprint density at radius 3 is 2.32 bits per heavy atom. The molecule has 25 heavy (non-hydrogen) atoms. The first-order chi connectivity index (χ1) is 11.7. The van der Waals surface area contributed by atoms with Gasteiger partial charge in [0.15, 0.2) is 6.61 Å². The predicted octanol–water partition coefficient (Wildman–Crippen LogP) is 2.22. The van der Waals surface area contributed by atoms with Crippen LogP contribution in [-0.2, 0) is 20.5 Å². The fraction of sp³-hybridized carbons (Fsp3) is 0.500. The van der Waals surface area contributed by atoms with Crippen LogP contribution in [0.5, 0.6) is 5.75 Å². The van der Waals surface area contributed by atoms with E-state index in [0.717, 1.165) is 24.3 Å². The van der Waals surface area contributed by atoms with E-state index in [1.807, 2.05) is 0 Å². The van der Waals surface area contributed by atoms with Crippen LogP contribution in [0.15, 0.2) is 24.3 Å². The van der Waals surface area contributed by atoms with Crippen LogP contribution in [0.25, 0.3) is 0 Å². The van der Waals surface area contributed by atoms with Gasteiger partial charge in [-0.25, -0.2) is 0 Å². The SMILES string of the molecule is O=C(O)CC1(NC(=O)COc2ccc(C(F)(F)F)cc2)CCOCC1.